The molecule has 0 bridgehead atoms. The maximum atomic E-state index is 6.61. The molecule has 0 spiro atoms. The first-order valence-electron chi connectivity index (χ1n) is 25.5. The summed E-state index contributed by atoms with van der Waals surface area (Å²) in [7, 11) is 0. The molecule has 346 valence electrons. The summed E-state index contributed by atoms with van der Waals surface area (Å²) in [5, 5.41) is 7.20. The van der Waals surface area contributed by atoms with E-state index in [1.54, 1.807) is 0 Å². The SMILES string of the molecule is CC1(C)c2ccccc2-c2ccc(-c3c4ccc(N5C6=C(C=CCC6)Oc6ccccc65)cc4c(-c4cccc(-c5cccc6ccccc56)c4)c4ccc(N5c6ccccc6Oc6ccccc65)cc34)cc21. The van der Waals surface area contributed by atoms with Crippen molar-refractivity contribution in [3.63, 3.8) is 0 Å². The lowest BCUT2D eigenvalue weighted by Gasteiger charge is -2.36. The van der Waals surface area contributed by atoms with Gasteiger partial charge in [-0.2, -0.15) is 0 Å². The Bertz CT molecular complexity index is 4160. The average Bonchev–Trinajstić information content (AvgIpc) is 3.67. The van der Waals surface area contributed by atoms with Gasteiger partial charge in [-0.1, -0.05) is 166 Å². The molecule has 15 rings (SSSR count). The molecule has 0 fully saturated rings. The number of fused-ring (bicyclic) bond motifs is 9. The predicted octanol–water partition coefficient (Wildman–Crippen LogP) is 19.1. The lowest BCUT2D eigenvalue weighted by atomic mass is 9.80. The van der Waals surface area contributed by atoms with Crippen molar-refractivity contribution in [2.75, 3.05) is 9.80 Å². The first kappa shape index (κ1) is 41.6. The highest BCUT2D eigenvalue weighted by molar-refractivity contribution is 6.23. The smallest absolute Gasteiger partial charge is 0.151 e. The zero-order valence-corrected chi connectivity index (χ0v) is 40.6. The molecule has 0 N–H and O–H groups in total. The van der Waals surface area contributed by atoms with Gasteiger partial charge in [-0.3, -0.25) is 0 Å². The summed E-state index contributed by atoms with van der Waals surface area (Å²) in [4.78, 5) is 4.82. The number of hydrogen-bond donors (Lipinski definition) is 0. The van der Waals surface area contributed by atoms with E-state index in [4.69, 9.17) is 9.47 Å². The van der Waals surface area contributed by atoms with Gasteiger partial charge in [0, 0.05) is 16.8 Å². The monoisotopic (exact) mass is 936 g/mol. The fraction of sp³-hybridized carbons (Fsp3) is 0.0725. The molecule has 4 heteroatoms. The van der Waals surface area contributed by atoms with E-state index >= 15 is 0 Å². The van der Waals surface area contributed by atoms with Crippen LogP contribution < -0.4 is 19.3 Å². The molecule has 2 aliphatic carbocycles. The van der Waals surface area contributed by atoms with Crippen LogP contribution in [0.2, 0.25) is 0 Å². The third kappa shape index (κ3) is 6.33. The molecule has 2 aliphatic heterocycles. The maximum absolute atomic E-state index is 6.61. The van der Waals surface area contributed by atoms with Gasteiger partial charge in [0.05, 0.1) is 22.8 Å². The summed E-state index contributed by atoms with van der Waals surface area (Å²) in [5.74, 6) is 3.43. The van der Waals surface area contributed by atoms with Crippen molar-refractivity contribution < 1.29 is 9.47 Å². The third-order valence-electron chi connectivity index (χ3n) is 15.9. The molecule has 4 nitrogen and oxygen atoms in total. The van der Waals surface area contributed by atoms with Gasteiger partial charge in [0.25, 0.3) is 0 Å². The molecule has 0 aromatic heterocycles. The van der Waals surface area contributed by atoms with Crippen LogP contribution in [-0.4, -0.2) is 0 Å². The van der Waals surface area contributed by atoms with Crippen molar-refractivity contribution >= 4 is 60.8 Å². The van der Waals surface area contributed by atoms with Gasteiger partial charge >= 0.3 is 0 Å². The summed E-state index contributed by atoms with van der Waals surface area (Å²) in [5.41, 5.74) is 18.7. The molecule has 0 unspecified atom stereocenters. The molecule has 2 heterocycles. The van der Waals surface area contributed by atoms with Crippen molar-refractivity contribution in [1.82, 2.24) is 0 Å². The Balaban J connectivity index is 1.05. The predicted molar refractivity (Wildman–Crippen MR) is 302 cm³/mol. The Hall–Kier alpha value is -9.12. The number of anilines is 5. The van der Waals surface area contributed by atoms with Crippen molar-refractivity contribution in [3.05, 3.63) is 253 Å². The maximum Gasteiger partial charge on any atom is 0.151 e. The zero-order chi connectivity index (χ0) is 48.4. The standard InChI is InChI=1S/C69H48N2O2/c1-69(2)57-24-6-5-22-51(57)52-36-33-46(40-58(52)69)68-54-38-35-47(70-59-25-7-11-29-63(59)72-64-30-12-8-26-60(64)70)41-55(54)67(45-20-15-19-44(39-45)50-23-16-18-43-17-3-4-21-49(43)50)53-37-34-48(42-56(53)68)71-61-27-9-13-31-65(61)73-66-32-14-10-28-62(66)71/h3-7,9-25,27-42H,8,26H2,1-2H3. The van der Waals surface area contributed by atoms with Crippen LogP contribution in [0, 0.1) is 0 Å². The molecule has 0 saturated heterocycles. The van der Waals surface area contributed by atoms with Gasteiger partial charge in [0.1, 0.15) is 5.76 Å². The fourth-order valence-electron chi connectivity index (χ4n) is 12.5. The highest BCUT2D eigenvalue weighted by Gasteiger charge is 2.36. The molecule has 0 amide bonds. The highest BCUT2D eigenvalue weighted by atomic mass is 16.5. The zero-order valence-electron chi connectivity index (χ0n) is 40.6. The van der Waals surface area contributed by atoms with Crippen LogP contribution in [-0.2, 0) is 5.41 Å². The number of para-hydroxylation sites is 6. The number of nitrogens with zero attached hydrogens (tertiary/aromatic N) is 2. The van der Waals surface area contributed by atoms with Crippen LogP contribution in [0.3, 0.4) is 0 Å². The molecule has 4 aliphatic rings. The number of hydrogen-bond acceptors (Lipinski definition) is 4. The molecular formula is C69H48N2O2. The molecule has 0 radical (unpaired) electrons. The summed E-state index contributed by atoms with van der Waals surface area (Å²) in [6.07, 6.45) is 6.21. The Morgan fingerprint density at radius 2 is 0.959 bits per heavy atom. The Kier molecular flexibility index (Phi) is 9.10. The van der Waals surface area contributed by atoms with Crippen molar-refractivity contribution in [1.29, 1.82) is 0 Å². The number of benzene rings is 11. The van der Waals surface area contributed by atoms with Gasteiger partial charge in [-0.25, -0.2) is 0 Å². The highest BCUT2D eigenvalue weighted by Crippen LogP contribution is 2.55. The first-order valence-corrected chi connectivity index (χ1v) is 25.5. The van der Waals surface area contributed by atoms with Gasteiger partial charge in [-0.15, -0.1) is 0 Å². The first-order chi connectivity index (χ1) is 36.0. The lowest BCUT2D eigenvalue weighted by Crippen LogP contribution is -2.25. The van der Waals surface area contributed by atoms with Crippen LogP contribution in [0.15, 0.2) is 242 Å². The Morgan fingerprint density at radius 3 is 1.71 bits per heavy atom. The Labute approximate surface area is 425 Å². The van der Waals surface area contributed by atoms with Gasteiger partial charge in [0.15, 0.2) is 17.2 Å². The van der Waals surface area contributed by atoms with Gasteiger partial charge in [0.2, 0.25) is 0 Å². The molecule has 11 aromatic carbocycles. The summed E-state index contributed by atoms with van der Waals surface area (Å²) in [6.45, 7) is 4.76. The summed E-state index contributed by atoms with van der Waals surface area (Å²) < 4.78 is 13.2. The van der Waals surface area contributed by atoms with E-state index in [1.165, 1.54) is 88.1 Å². The fourth-order valence-corrected chi connectivity index (χ4v) is 12.5. The van der Waals surface area contributed by atoms with Crippen molar-refractivity contribution in [2.45, 2.75) is 32.1 Å². The van der Waals surface area contributed by atoms with Crippen LogP contribution in [0.5, 0.6) is 17.2 Å². The minimum absolute atomic E-state index is 0.182. The van der Waals surface area contributed by atoms with E-state index in [0.717, 1.165) is 69.8 Å². The third-order valence-corrected chi connectivity index (χ3v) is 15.9. The minimum Gasteiger partial charge on any atom is -0.453 e. The van der Waals surface area contributed by atoms with E-state index in [-0.39, 0.29) is 5.41 Å². The molecular weight excluding hydrogens is 889 g/mol. The average molecular weight is 937 g/mol. The molecule has 11 aromatic rings. The summed E-state index contributed by atoms with van der Waals surface area (Å²) >= 11 is 0. The second-order valence-corrected chi connectivity index (χ2v) is 20.3. The van der Waals surface area contributed by atoms with Gasteiger partial charge in [-0.05, 0) is 180 Å². The molecule has 73 heavy (non-hydrogen) atoms. The summed E-state index contributed by atoms with van der Waals surface area (Å²) in [6, 6.07) is 80.3. The van der Waals surface area contributed by atoms with E-state index < -0.39 is 0 Å². The van der Waals surface area contributed by atoms with E-state index in [0.29, 0.717) is 0 Å². The largest absolute Gasteiger partial charge is 0.453 e. The van der Waals surface area contributed by atoms with E-state index in [2.05, 4.69) is 242 Å². The number of allylic oxidation sites excluding steroid dienone is 3. The second kappa shape index (κ2) is 15.9. The Morgan fingerprint density at radius 1 is 0.397 bits per heavy atom. The lowest BCUT2D eigenvalue weighted by molar-refractivity contribution is 0.421. The second-order valence-electron chi connectivity index (χ2n) is 20.3. The van der Waals surface area contributed by atoms with Crippen LogP contribution in [0.25, 0.3) is 76.8 Å². The number of rotatable bonds is 5. The quantitative estimate of drug-likeness (QED) is 0.161. The molecule has 0 atom stereocenters. The van der Waals surface area contributed by atoms with E-state index in [1.807, 2.05) is 12.1 Å². The van der Waals surface area contributed by atoms with Crippen molar-refractivity contribution in [3.8, 4) is 61.8 Å². The van der Waals surface area contributed by atoms with Crippen LogP contribution >= 0.6 is 0 Å². The normalized spacial score (nSPS) is 14.8. The van der Waals surface area contributed by atoms with E-state index in [9.17, 15) is 0 Å². The van der Waals surface area contributed by atoms with Gasteiger partial charge < -0.3 is 19.3 Å². The molecule has 0 saturated carbocycles. The number of ether oxygens (including phenoxy) is 2. The van der Waals surface area contributed by atoms with Crippen LogP contribution in [0.4, 0.5) is 28.4 Å². The van der Waals surface area contributed by atoms with Crippen molar-refractivity contribution in [2.24, 2.45) is 0 Å². The van der Waals surface area contributed by atoms with Crippen LogP contribution in [0.1, 0.15) is 37.8 Å². The topological polar surface area (TPSA) is 24.9 Å². The minimum atomic E-state index is -0.182.